The van der Waals surface area contributed by atoms with Gasteiger partial charge in [-0.05, 0) is 119 Å². The number of aliphatic hydroxyl groups is 1. The number of phenolic OH excluding ortho intramolecular Hbond substituents is 1. The van der Waals surface area contributed by atoms with Gasteiger partial charge in [0.05, 0.1) is 24.1 Å². The summed E-state index contributed by atoms with van der Waals surface area (Å²) in [6.07, 6.45) is 6.18. The molecule has 4 aromatic carbocycles. The molecule has 6 aromatic rings. The van der Waals surface area contributed by atoms with E-state index in [1.54, 1.807) is 24.5 Å². The van der Waals surface area contributed by atoms with Crippen molar-refractivity contribution < 1.29 is 23.7 Å². The van der Waals surface area contributed by atoms with Crippen LogP contribution in [0, 0.1) is 32.4 Å². The highest BCUT2D eigenvalue weighted by Gasteiger charge is 2.36. The number of halogens is 2. The lowest BCUT2D eigenvalue weighted by Crippen LogP contribution is -2.55. The highest BCUT2D eigenvalue weighted by atomic mass is 32.1. The summed E-state index contributed by atoms with van der Waals surface area (Å²) in [4.78, 5) is 12.9. The maximum Gasteiger partial charge on any atom is 0.162 e. The van der Waals surface area contributed by atoms with E-state index in [1.807, 2.05) is 60.4 Å². The van der Waals surface area contributed by atoms with Gasteiger partial charge < -0.3 is 24.7 Å². The fourth-order valence-corrected chi connectivity index (χ4v) is 10.5. The lowest BCUT2D eigenvalue weighted by molar-refractivity contribution is -0.0173. The second-order valence-electron chi connectivity index (χ2n) is 17.3. The second kappa shape index (κ2) is 19.6. The molecule has 3 aliphatic heterocycles. The maximum absolute atomic E-state index is 14.3. The summed E-state index contributed by atoms with van der Waals surface area (Å²) >= 11 is 1.74. The summed E-state index contributed by atoms with van der Waals surface area (Å²) in [6.45, 7) is 12.9. The van der Waals surface area contributed by atoms with Crippen molar-refractivity contribution in [3.63, 3.8) is 0 Å². The standard InChI is InChI=1S/C35H41F2N7O2S.C10H12O.C6H6/c1-21-23(3)47-34-31(21)32(38-22(2)33-40-39-24(4)44(33)34)27-8-7-26(19-30(27)46-5)42-12-10-35(45,11-13-42)20-41-14-16-43(17-15-41)29-18-25(36)6-9-28(29)37;11-10-6-5-8-3-1-2-4-9(8)7-10;1-2-4-6-5-3-1/h6-9,18-19,22,45H,10-17,20H2,1-5H3;5-7,11H,1-4H2;1-6H/t22-;;/m0../s1. The number of ether oxygens (including phenoxy) is 1. The summed E-state index contributed by atoms with van der Waals surface area (Å²) in [5, 5.41) is 30.7. The summed E-state index contributed by atoms with van der Waals surface area (Å²) in [7, 11) is 1.70. The predicted octanol–water partition coefficient (Wildman–Crippen LogP) is 9.56. The lowest BCUT2D eigenvalue weighted by atomic mass is 9.90. The van der Waals surface area contributed by atoms with Crippen LogP contribution in [0.25, 0.3) is 5.00 Å². The van der Waals surface area contributed by atoms with Crippen LogP contribution in [0.5, 0.6) is 11.5 Å². The molecule has 2 fully saturated rings. The number of aliphatic imine (C=N–C) groups is 1. The first-order valence-electron chi connectivity index (χ1n) is 22.4. The summed E-state index contributed by atoms with van der Waals surface area (Å²) < 4.78 is 36.2. The van der Waals surface area contributed by atoms with Gasteiger partial charge in [0.1, 0.15) is 40.0 Å². The highest BCUT2D eigenvalue weighted by molar-refractivity contribution is 7.15. The van der Waals surface area contributed by atoms with Crippen molar-refractivity contribution in [2.45, 2.75) is 77.9 Å². The highest BCUT2D eigenvalue weighted by Crippen LogP contribution is 2.41. The average Bonchev–Trinajstić information content (AvgIpc) is 3.80. The Bertz CT molecular complexity index is 2550. The van der Waals surface area contributed by atoms with E-state index < -0.39 is 17.2 Å². The van der Waals surface area contributed by atoms with E-state index in [0.29, 0.717) is 70.1 Å². The van der Waals surface area contributed by atoms with Gasteiger partial charge in [0, 0.05) is 79.6 Å². The zero-order valence-corrected chi connectivity index (χ0v) is 38.3. The number of nitrogens with zero attached hydrogens (tertiary/aromatic N) is 7. The van der Waals surface area contributed by atoms with Crippen LogP contribution in [-0.4, -0.2) is 94.1 Å². The van der Waals surface area contributed by atoms with E-state index in [-0.39, 0.29) is 6.04 Å². The number of piperazine rings is 1. The number of anilines is 2. The summed E-state index contributed by atoms with van der Waals surface area (Å²) in [5.41, 5.74) is 7.44. The zero-order valence-electron chi connectivity index (χ0n) is 37.5. The van der Waals surface area contributed by atoms with Crippen LogP contribution in [0.3, 0.4) is 0 Å². The van der Waals surface area contributed by atoms with Crippen LogP contribution in [-0.2, 0) is 12.8 Å². The molecule has 0 unspecified atom stereocenters. The van der Waals surface area contributed by atoms with Crippen molar-refractivity contribution in [2.75, 3.05) is 62.7 Å². The Labute approximate surface area is 379 Å². The molecule has 2 aromatic heterocycles. The number of methoxy groups -OCH3 is 1. The smallest absolute Gasteiger partial charge is 0.162 e. The Morgan fingerprint density at radius 1 is 0.797 bits per heavy atom. The molecule has 64 heavy (non-hydrogen) atoms. The van der Waals surface area contributed by atoms with Crippen LogP contribution in [0.1, 0.15) is 83.0 Å². The third-order valence-corrected chi connectivity index (χ3v) is 14.2. The van der Waals surface area contributed by atoms with Crippen LogP contribution in [0.15, 0.2) is 96.0 Å². The molecule has 336 valence electrons. The number of β-amino-alcohol motifs (C(OH)–C–C–N with tert-alkyl or cyclic N) is 1. The first-order valence-corrected chi connectivity index (χ1v) is 23.2. The predicted molar refractivity (Wildman–Crippen MR) is 253 cm³/mol. The van der Waals surface area contributed by atoms with E-state index in [1.165, 1.54) is 53.0 Å². The number of thiophene rings is 1. The average molecular weight is 888 g/mol. The molecule has 1 atom stereocenters. The number of aryl methyl sites for hydroxylation is 4. The molecule has 0 radical (unpaired) electrons. The third kappa shape index (κ3) is 9.86. The summed E-state index contributed by atoms with van der Waals surface area (Å²) in [5.74, 6) is 2.00. The monoisotopic (exact) mass is 887 g/mol. The molecule has 2 N–H and O–H groups in total. The first-order chi connectivity index (χ1) is 30.9. The van der Waals surface area contributed by atoms with E-state index >= 15 is 0 Å². The number of benzene rings is 4. The van der Waals surface area contributed by atoms with Crippen LogP contribution < -0.4 is 14.5 Å². The molecule has 0 spiro atoms. The number of aromatic nitrogens is 3. The first kappa shape index (κ1) is 45.0. The maximum atomic E-state index is 14.3. The molecule has 10 nitrogen and oxygen atoms in total. The molecule has 13 heteroatoms. The Hall–Kier alpha value is -5.63. The fraction of sp³-hybridized carbons (Fsp3) is 0.392. The van der Waals surface area contributed by atoms with E-state index in [4.69, 9.17) is 9.73 Å². The Morgan fingerprint density at radius 2 is 1.48 bits per heavy atom. The number of aromatic hydroxyl groups is 1. The van der Waals surface area contributed by atoms with Crippen molar-refractivity contribution in [3.05, 3.63) is 147 Å². The van der Waals surface area contributed by atoms with Crippen molar-refractivity contribution in [1.29, 1.82) is 0 Å². The van der Waals surface area contributed by atoms with Crippen molar-refractivity contribution in [3.8, 4) is 16.5 Å². The lowest BCUT2D eigenvalue weighted by Gasteiger charge is -2.44. The van der Waals surface area contributed by atoms with Crippen LogP contribution >= 0.6 is 11.3 Å². The fourth-order valence-electron chi connectivity index (χ4n) is 9.27. The van der Waals surface area contributed by atoms with Gasteiger partial charge >= 0.3 is 0 Å². The molecule has 1 aliphatic carbocycles. The van der Waals surface area contributed by atoms with E-state index in [0.717, 1.165) is 57.4 Å². The largest absolute Gasteiger partial charge is 0.508 e. The van der Waals surface area contributed by atoms with Gasteiger partial charge in [-0.3, -0.25) is 14.5 Å². The topological polar surface area (TPSA) is 102 Å². The van der Waals surface area contributed by atoms with E-state index in [2.05, 4.69) is 63.5 Å². The third-order valence-electron chi connectivity index (χ3n) is 13.0. The molecular formula is C51H59F2N7O3S. The van der Waals surface area contributed by atoms with Crippen LogP contribution in [0.4, 0.5) is 20.2 Å². The molecule has 10 rings (SSSR count). The minimum atomic E-state index is -0.805. The molecule has 5 heterocycles. The Morgan fingerprint density at radius 3 is 2.17 bits per heavy atom. The van der Waals surface area contributed by atoms with Gasteiger partial charge in [0.15, 0.2) is 5.82 Å². The number of rotatable bonds is 6. The Balaban J connectivity index is 0.000000272. The van der Waals surface area contributed by atoms with Crippen LogP contribution in [0.2, 0.25) is 0 Å². The quantitative estimate of drug-likeness (QED) is 0.171. The molecule has 0 amide bonds. The number of piperidine rings is 1. The molecule has 0 bridgehead atoms. The van der Waals surface area contributed by atoms with Gasteiger partial charge in [-0.15, -0.1) is 21.5 Å². The SMILES string of the molecule is COc1cc(N2CCC(O)(CN3CCN(c4cc(F)ccc4F)CC3)CC2)ccc1C1=N[C@@H](C)c2nnc(C)n2-c2sc(C)c(C)c21.Oc1ccc2c(c1)CCCC2.c1ccccc1. The summed E-state index contributed by atoms with van der Waals surface area (Å²) in [6, 6.07) is 27.4. The van der Waals surface area contributed by atoms with E-state index in [9.17, 15) is 19.0 Å². The number of hydrogen-bond acceptors (Lipinski definition) is 10. The van der Waals surface area contributed by atoms with Gasteiger partial charge in [-0.25, -0.2) is 8.78 Å². The van der Waals surface area contributed by atoms with Gasteiger partial charge in [-0.1, -0.05) is 42.5 Å². The van der Waals surface area contributed by atoms with Gasteiger partial charge in [0.25, 0.3) is 0 Å². The van der Waals surface area contributed by atoms with Crippen molar-refractivity contribution in [2.24, 2.45) is 4.99 Å². The second-order valence-corrected chi connectivity index (χ2v) is 18.5. The molecule has 0 saturated carbocycles. The number of phenols is 1. The number of hydrogen-bond donors (Lipinski definition) is 2. The van der Waals surface area contributed by atoms with Gasteiger partial charge in [-0.2, -0.15) is 0 Å². The minimum absolute atomic E-state index is 0.180. The molecular weight excluding hydrogens is 829 g/mol. The molecule has 4 aliphatic rings. The number of fused-ring (bicyclic) bond motifs is 4. The van der Waals surface area contributed by atoms with Gasteiger partial charge in [0.2, 0.25) is 0 Å². The minimum Gasteiger partial charge on any atom is -0.508 e. The zero-order chi connectivity index (χ0) is 45.0. The normalized spacial score (nSPS) is 17.9. The van der Waals surface area contributed by atoms with Crippen molar-refractivity contribution in [1.82, 2.24) is 19.7 Å². The Kier molecular flexibility index (Phi) is 13.8. The van der Waals surface area contributed by atoms with Crippen molar-refractivity contribution >= 4 is 28.4 Å². The molecule has 2 saturated heterocycles.